The van der Waals surface area contributed by atoms with Gasteiger partial charge in [-0.25, -0.2) is 4.98 Å². The van der Waals surface area contributed by atoms with E-state index in [0.29, 0.717) is 11.8 Å². The molecule has 1 aromatic carbocycles. The van der Waals surface area contributed by atoms with Gasteiger partial charge in [0.2, 0.25) is 5.91 Å². The molecule has 1 saturated carbocycles. The fraction of sp³-hybridized carbons (Fsp3) is 0.524. The standard InChI is InChI=1S/C21H29N3OS/c1-14-9-8-10-15(2)20(14)23-19(25)13-26-21-22-16(3)17(4)24(21)18-11-6-5-7-12-18/h8-10,18H,5-7,11-13H2,1-4H3,(H,23,25). The molecule has 0 saturated heterocycles. The smallest absolute Gasteiger partial charge is 0.234 e. The number of carbonyl (C=O) groups is 1. The highest BCUT2D eigenvalue weighted by Gasteiger charge is 2.22. The van der Waals surface area contributed by atoms with Crippen LogP contribution in [0.3, 0.4) is 0 Å². The number of rotatable bonds is 5. The maximum atomic E-state index is 12.5. The van der Waals surface area contributed by atoms with Gasteiger partial charge in [0.05, 0.1) is 11.4 Å². The fourth-order valence-electron chi connectivity index (χ4n) is 3.78. The number of carbonyl (C=O) groups excluding carboxylic acids is 1. The molecule has 1 aromatic heterocycles. The molecule has 0 bridgehead atoms. The molecule has 3 rings (SSSR count). The molecule has 0 atom stereocenters. The van der Waals surface area contributed by atoms with Crippen molar-refractivity contribution in [2.24, 2.45) is 0 Å². The molecule has 2 aromatic rings. The Morgan fingerprint density at radius 1 is 1.15 bits per heavy atom. The second-order valence-electron chi connectivity index (χ2n) is 7.33. The second-order valence-corrected chi connectivity index (χ2v) is 8.27. The van der Waals surface area contributed by atoms with E-state index in [1.165, 1.54) is 37.8 Å². The normalized spacial score (nSPS) is 15.2. The van der Waals surface area contributed by atoms with Crippen LogP contribution in [0.1, 0.15) is 60.7 Å². The number of amides is 1. The summed E-state index contributed by atoms with van der Waals surface area (Å²) >= 11 is 1.55. The van der Waals surface area contributed by atoms with Crippen molar-refractivity contribution in [2.75, 3.05) is 11.1 Å². The third-order valence-electron chi connectivity index (χ3n) is 5.37. The first-order valence-corrected chi connectivity index (χ1v) is 10.5. The summed E-state index contributed by atoms with van der Waals surface area (Å²) in [6.45, 7) is 8.27. The van der Waals surface area contributed by atoms with Crippen LogP contribution in [0, 0.1) is 27.7 Å². The van der Waals surface area contributed by atoms with Crippen LogP contribution in [0.15, 0.2) is 23.4 Å². The predicted molar refractivity (Wildman–Crippen MR) is 109 cm³/mol. The lowest BCUT2D eigenvalue weighted by Crippen LogP contribution is -2.18. The lowest BCUT2D eigenvalue weighted by molar-refractivity contribution is -0.113. The molecule has 0 spiro atoms. The van der Waals surface area contributed by atoms with Crippen molar-refractivity contribution < 1.29 is 4.79 Å². The number of aromatic nitrogens is 2. The van der Waals surface area contributed by atoms with Crippen molar-refractivity contribution in [3.8, 4) is 0 Å². The van der Waals surface area contributed by atoms with Crippen molar-refractivity contribution in [3.63, 3.8) is 0 Å². The Bertz CT molecular complexity index is 771. The highest BCUT2D eigenvalue weighted by atomic mass is 32.2. The van der Waals surface area contributed by atoms with Crippen LogP contribution < -0.4 is 5.32 Å². The number of anilines is 1. The first kappa shape index (κ1) is 19.0. The van der Waals surface area contributed by atoms with Crippen LogP contribution in [-0.4, -0.2) is 21.2 Å². The molecule has 1 amide bonds. The Hall–Kier alpha value is -1.75. The Morgan fingerprint density at radius 3 is 2.46 bits per heavy atom. The van der Waals surface area contributed by atoms with Crippen molar-refractivity contribution >= 4 is 23.4 Å². The Kier molecular flexibility index (Phi) is 6.07. The molecule has 1 aliphatic rings. The van der Waals surface area contributed by atoms with E-state index in [1.807, 2.05) is 32.0 Å². The van der Waals surface area contributed by atoms with Gasteiger partial charge in [-0.15, -0.1) is 0 Å². The van der Waals surface area contributed by atoms with Crippen LogP contribution in [0.25, 0.3) is 0 Å². The van der Waals surface area contributed by atoms with Gasteiger partial charge in [0.1, 0.15) is 0 Å². The van der Waals surface area contributed by atoms with Gasteiger partial charge in [0.15, 0.2) is 5.16 Å². The first-order valence-electron chi connectivity index (χ1n) is 9.51. The van der Waals surface area contributed by atoms with Crippen molar-refractivity contribution in [3.05, 3.63) is 40.7 Å². The van der Waals surface area contributed by atoms with Crippen molar-refractivity contribution in [1.82, 2.24) is 9.55 Å². The molecule has 0 radical (unpaired) electrons. The Labute approximate surface area is 160 Å². The number of thioether (sulfide) groups is 1. The van der Waals surface area contributed by atoms with E-state index in [-0.39, 0.29) is 5.91 Å². The summed E-state index contributed by atoms with van der Waals surface area (Å²) in [7, 11) is 0. The summed E-state index contributed by atoms with van der Waals surface area (Å²) in [6.07, 6.45) is 6.36. The molecular formula is C21H29N3OS. The van der Waals surface area contributed by atoms with E-state index in [0.717, 1.165) is 27.7 Å². The second kappa shape index (κ2) is 8.30. The molecule has 1 N–H and O–H groups in total. The highest BCUT2D eigenvalue weighted by molar-refractivity contribution is 7.99. The number of nitrogens with zero attached hydrogens (tertiary/aromatic N) is 2. The molecule has 1 aliphatic carbocycles. The summed E-state index contributed by atoms with van der Waals surface area (Å²) in [5.74, 6) is 0.414. The molecule has 0 aliphatic heterocycles. The van der Waals surface area contributed by atoms with E-state index in [4.69, 9.17) is 4.98 Å². The minimum atomic E-state index is 0.0286. The van der Waals surface area contributed by atoms with Gasteiger partial charge in [-0.3, -0.25) is 4.79 Å². The van der Waals surface area contributed by atoms with E-state index < -0.39 is 0 Å². The quantitative estimate of drug-likeness (QED) is 0.720. The van der Waals surface area contributed by atoms with Gasteiger partial charge in [-0.05, 0) is 51.7 Å². The van der Waals surface area contributed by atoms with E-state index in [2.05, 4.69) is 23.7 Å². The number of aryl methyl sites for hydroxylation is 3. The van der Waals surface area contributed by atoms with E-state index in [1.54, 1.807) is 11.8 Å². The van der Waals surface area contributed by atoms with Crippen LogP contribution in [-0.2, 0) is 4.79 Å². The van der Waals surface area contributed by atoms with Gasteiger partial charge >= 0.3 is 0 Å². The summed E-state index contributed by atoms with van der Waals surface area (Å²) in [4.78, 5) is 17.2. The van der Waals surface area contributed by atoms with E-state index in [9.17, 15) is 4.79 Å². The predicted octanol–water partition coefficient (Wildman–Crippen LogP) is 5.35. The molecule has 26 heavy (non-hydrogen) atoms. The van der Waals surface area contributed by atoms with Crippen LogP contribution in [0.5, 0.6) is 0 Å². The number of hydrogen-bond acceptors (Lipinski definition) is 3. The minimum absolute atomic E-state index is 0.0286. The van der Waals surface area contributed by atoms with Crippen LogP contribution >= 0.6 is 11.8 Å². The Balaban J connectivity index is 1.69. The largest absolute Gasteiger partial charge is 0.325 e. The molecule has 140 valence electrons. The van der Waals surface area contributed by atoms with Gasteiger partial charge in [-0.2, -0.15) is 0 Å². The number of benzene rings is 1. The Morgan fingerprint density at radius 2 is 1.81 bits per heavy atom. The first-order chi connectivity index (χ1) is 12.5. The minimum Gasteiger partial charge on any atom is -0.325 e. The number of para-hydroxylation sites is 1. The highest BCUT2D eigenvalue weighted by Crippen LogP contribution is 2.34. The summed E-state index contributed by atoms with van der Waals surface area (Å²) in [6, 6.07) is 6.60. The zero-order chi connectivity index (χ0) is 18.7. The van der Waals surface area contributed by atoms with Gasteiger partial charge in [0.25, 0.3) is 0 Å². The molecule has 1 heterocycles. The van der Waals surface area contributed by atoms with Crippen molar-refractivity contribution in [2.45, 2.75) is 71.0 Å². The molecule has 4 nitrogen and oxygen atoms in total. The van der Waals surface area contributed by atoms with Crippen LogP contribution in [0.4, 0.5) is 5.69 Å². The summed E-state index contributed by atoms with van der Waals surface area (Å²) in [5, 5.41) is 4.06. The fourth-order valence-corrected chi connectivity index (χ4v) is 4.74. The molecule has 0 unspecified atom stereocenters. The van der Waals surface area contributed by atoms with E-state index >= 15 is 0 Å². The monoisotopic (exact) mass is 371 g/mol. The molecular weight excluding hydrogens is 342 g/mol. The van der Waals surface area contributed by atoms with Crippen LogP contribution in [0.2, 0.25) is 0 Å². The van der Waals surface area contributed by atoms with Crippen molar-refractivity contribution in [1.29, 1.82) is 0 Å². The summed E-state index contributed by atoms with van der Waals surface area (Å²) < 4.78 is 2.38. The number of nitrogens with one attached hydrogen (secondary N) is 1. The summed E-state index contributed by atoms with van der Waals surface area (Å²) in [5.41, 5.74) is 5.45. The molecule has 5 heteroatoms. The lowest BCUT2D eigenvalue weighted by Gasteiger charge is -2.26. The third-order valence-corrected chi connectivity index (χ3v) is 6.32. The zero-order valence-corrected chi connectivity index (χ0v) is 17.1. The SMILES string of the molecule is Cc1cccc(C)c1NC(=O)CSc1nc(C)c(C)n1C1CCCCC1. The molecule has 1 fully saturated rings. The third kappa shape index (κ3) is 4.14. The maximum absolute atomic E-state index is 12.5. The van der Waals surface area contributed by atoms with Gasteiger partial charge < -0.3 is 9.88 Å². The average molecular weight is 372 g/mol. The van der Waals surface area contributed by atoms with Gasteiger partial charge in [-0.1, -0.05) is 49.2 Å². The average Bonchev–Trinajstić information content (AvgIpc) is 2.91. The number of imidazole rings is 1. The maximum Gasteiger partial charge on any atom is 0.234 e. The number of hydrogen-bond donors (Lipinski definition) is 1. The zero-order valence-electron chi connectivity index (χ0n) is 16.3. The lowest BCUT2D eigenvalue weighted by atomic mass is 9.95. The van der Waals surface area contributed by atoms with Gasteiger partial charge in [0, 0.05) is 17.4 Å². The topological polar surface area (TPSA) is 46.9 Å².